The fourth-order valence-electron chi connectivity index (χ4n) is 4.44. The third kappa shape index (κ3) is 2.32. The lowest BCUT2D eigenvalue weighted by atomic mass is 9.78. The van der Waals surface area contributed by atoms with E-state index in [9.17, 15) is 9.50 Å². The molecule has 2 nitrogen and oxygen atoms in total. The van der Waals surface area contributed by atoms with E-state index in [1.807, 2.05) is 0 Å². The Bertz CT molecular complexity index is 498. The Morgan fingerprint density at radius 1 is 1.35 bits per heavy atom. The summed E-state index contributed by atoms with van der Waals surface area (Å²) in [5.74, 6) is 2.15. The number of hydrogen-bond donors (Lipinski definition) is 1. The third-order valence-corrected chi connectivity index (χ3v) is 5.28. The van der Waals surface area contributed by atoms with Gasteiger partial charge in [-0.2, -0.15) is 0 Å². The van der Waals surface area contributed by atoms with E-state index in [1.165, 1.54) is 38.9 Å². The number of fused-ring (bicyclic) bond motifs is 2. The molecule has 0 aromatic heterocycles. The van der Waals surface area contributed by atoms with Crippen LogP contribution < -0.4 is 4.74 Å². The molecule has 3 heteroatoms. The summed E-state index contributed by atoms with van der Waals surface area (Å²) < 4.78 is 19.4. The fourth-order valence-corrected chi connectivity index (χ4v) is 4.44. The lowest BCUT2D eigenvalue weighted by Crippen LogP contribution is -2.29. The van der Waals surface area contributed by atoms with Gasteiger partial charge in [0.15, 0.2) is 0 Å². The Morgan fingerprint density at radius 3 is 2.75 bits per heavy atom. The van der Waals surface area contributed by atoms with Crippen molar-refractivity contribution in [1.29, 1.82) is 0 Å². The number of rotatable bonds is 4. The smallest absolute Gasteiger partial charge is 0.133 e. The van der Waals surface area contributed by atoms with Gasteiger partial charge in [-0.15, -0.1) is 0 Å². The second kappa shape index (κ2) is 5.03. The van der Waals surface area contributed by atoms with E-state index in [-0.39, 0.29) is 5.82 Å². The van der Waals surface area contributed by atoms with Crippen LogP contribution in [0.1, 0.15) is 44.6 Å². The molecule has 2 bridgehead atoms. The molecular formula is C17H23FO2. The van der Waals surface area contributed by atoms with Crippen molar-refractivity contribution < 1.29 is 14.2 Å². The molecule has 20 heavy (non-hydrogen) atoms. The van der Waals surface area contributed by atoms with Gasteiger partial charge in [-0.3, -0.25) is 0 Å². The number of halogens is 1. The van der Waals surface area contributed by atoms with E-state index >= 15 is 0 Å². The molecule has 0 spiro atoms. The standard InChI is InChI=1S/C17H23FO2/c1-17(19,10-13-9-11-6-7-12(13)8-11)16-14(18)4-3-5-15(16)20-2/h3-5,11-13,19H,6-10H2,1-2H3. The van der Waals surface area contributed by atoms with Gasteiger partial charge in [0.2, 0.25) is 0 Å². The molecule has 2 aliphatic rings. The van der Waals surface area contributed by atoms with Crippen molar-refractivity contribution in [3.8, 4) is 5.75 Å². The predicted molar refractivity (Wildman–Crippen MR) is 76.1 cm³/mol. The Hall–Kier alpha value is -1.09. The molecule has 3 rings (SSSR count). The molecule has 2 saturated carbocycles. The minimum absolute atomic E-state index is 0.310. The number of benzene rings is 1. The van der Waals surface area contributed by atoms with Crippen molar-refractivity contribution in [2.45, 2.75) is 44.6 Å². The van der Waals surface area contributed by atoms with Crippen molar-refractivity contribution in [2.24, 2.45) is 17.8 Å². The maximum absolute atomic E-state index is 14.2. The minimum Gasteiger partial charge on any atom is -0.496 e. The molecule has 0 radical (unpaired) electrons. The molecule has 1 aromatic carbocycles. The van der Waals surface area contributed by atoms with Crippen LogP contribution in [0.2, 0.25) is 0 Å². The second-order valence-electron chi connectivity index (χ2n) is 6.73. The zero-order valence-corrected chi connectivity index (χ0v) is 12.2. The van der Waals surface area contributed by atoms with Gasteiger partial charge in [0.25, 0.3) is 0 Å². The van der Waals surface area contributed by atoms with E-state index in [2.05, 4.69) is 0 Å². The minimum atomic E-state index is -1.16. The van der Waals surface area contributed by atoms with Gasteiger partial charge >= 0.3 is 0 Å². The maximum atomic E-state index is 14.2. The first-order valence-corrected chi connectivity index (χ1v) is 7.56. The van der Waals surface area contributed by atoms with Gasteiger partial charge in [0.05, 0.1) is 18.3 Å². The Balaban J connectivity index is 1.84. The maximum Gasteiger partial charge on any atom is 0.133 e. The number of ether oxygens (including phenoxy) is 1. The van der Waals surface area contributed by atoms with Crippen LogP contribution >= 0.6 is 0 Å². The van der Waals surface area contributed by atoms with Crippen LogP contribution in [0.5, 0.6) is 5.75 Å². The van der Waals surface area contributed by atoms with Gasteiger partial charge in [-0.05, 0) is 62.5 Å². The van der Waals surface area contributed by atoms with Crippen molar-refractivity contribution in [2.75, 3.05) is 7.11 Å². The zero-order valence-electron chi connectivity index (χ0n) is 12.2. The molecule has 0 saturated heterocycles. The van der Waals surface area contributed by atoms with E-state index in [0.717, 1.165) is 11.8 Å². The third-order valence-electron chi connectivity index (χ3n) is 5.28. The molecule has 0 amide bonds. The highest BCUT2D eigenvalue weighted by molar-refractivity contribution is 5.39. The quantitative estimate of drug-likeness (QED) is 0.906. The van der Waals surface area contributed by atoms with Crippen LogP contribution in [0.3, 0.4) is 0 Å². The predicted octanol–water partition coefficient (Wildman–Crippen LogP) is 3.87. The molecular weight excluding hydrogens is 255 g/mol. The van der Waals surface area contributed by atoms with Crippen LogP contribution in [0.15, 0.2) is 18.2 Å². The van der Waals surface area contributed by atoms with E-state index < -0.39 is 5.60 Å². The summed E-state index contributed by atoms with van der Waals surface area (Å²) in [4.78, 5) is 0. The van der Waals surface area contributed by atoms with Crippen molar-refractivity contribution in [3.05, 3.63) is 29.6 Å². The number of aliphatic hydroxyl groups is 1. The summed E-state index contributed by atoms with van der Waals surface area (Å²) in [5.41, 5.74) is -0.850. The topological polar surface area (TPSA) is 29.5 Å². The average molecular weight is 278 g/mol. The highest BCUT2D eigenvalue weighted by Gasteiger charge is 2.43. The molecule has 4 atom stereocenters. The average Bonchev–Trinajstić information content (AvgIpc) is 2.99. The van der Waals surface area contributed by atoms with Gasteiger partial charge in [0.1, 0.15) is 11.6 Å². The number of hydrogen-bond acceptors (Lipinski definition) is 2. The highest BCUT2D eigenvalue weighted by atomic mass is 19.1. The van der Waals surface area contributed by atoms with Gasteiger partial charge < -0.3 is 9.84 Å². The molecule has 2 fully saturated rings. The second-order valence-corrected chi connectivity index (χ2v) is 6.73. The summed E-state index contributed by atoms with van der Waals surface area (Å²) in [7, 11) is 1.52. The normalized spacial score (nSPS) is 31.3. The lowest BCUT2D eigenvalue weighted by molar-refractivity contribution is 0.0152. The van der Waals surface area contributed by atoms with Crippen LogP contribution in [0, 0.1) is 23.6 Å². The Morgan fingerprint density at radius 2 is 2.15 bits per heavy atom. The van der Waals surface area contributed by atoms with Gasteiger partial charge in [0, 0.05) is 0 Å². The highest BCUT2D eigenvalue weighted by Crippen LogP contribution is 2.52. The first-order chi connectivity index (χ1) is 9.51. The largest absolute Gasteiger partial charge is 0.496 e. The van der Waals surface area contributed by atoms with E-state index in [1.54, 1.807) is 19.1 Å². The summed E-state index contributed by atoms with van der Waals surface area (Å²) in [6, 6.07) is 4.73. The van der Waals surface area contributed by atoms with Crippen molar-refractivity contribution >= 4 is 0 Å². The molecule has 2 aliphatic carbocycles. The fraction of sp³-hybridized carbons (Fsp3) is 0.647. The summed E-state index contributed by atoms with van der Waals surface area (Å²) in [5, 5.41) is 10.8. The summed E-state index contributed by atoms with van der Waals surface area (Å²) in [6.07, 6.45) is 5.74. The Kier molecular flexibility index (Phi) is 3.49. The first-order valence-electron chi connectivity index (χ1n) is 7.56. The van der Waals surface area contributed by atoms with Crippen LogP contribution in [-0.2, 0) is 5.60 Å². The van der Waals surface area contributed by atoms with Gasteiger partial charge in [-0.1, -0.05) is 12.5 Å². The molecule has 0 aliphatic heterocycles. The molecule has 1 aromatic rings. The van der Waals surface area contributed by atoms with E-state index in [0.29, 0.717) is 23.7 Å². The molecule has 4 unspecified atom stereocenters. The summed E-state index contributed by atoms with van der Waals surface area (Å²) >= 11 is 0. The molecule has 110 valence electrons. The summed E-state index contributed by atoms with van der Waals surface area (Å²) in [6.45, 7) is 1.72. The van der Waals surface area contributed by atoms with E-state index in [4.69, 9.17) is 4.74 Å². The first kappa shape index (κ1) is 13.9. The molecule has 1 N–H and O–H groups in total. The Labute approximate surface area is 120 Å². The monoisotopic (exact) mass is 278 g/mol. The van der Waals surface area contributed by atoms with Crippen LogP contribution in [0.4, 0.5) is 4.39 Å². The van der Waals surface area contributed by atoms with Crippen molar-refractivity contribution in [1.82, 2.24) is 0 Å². The lowest BCUT2D eigenvalue weighted by Gasteiger charge is -2.32. The number of methoxy groups -OCH3 is 1. The van der Waals surface area contributed by atoms with Crippen LogP contribution in [-0.4, -0.2) is 12.2 Å². The SMILES string of the molecule is COc1cccc(F)c1C(C)(O)CC1CC2CCC1C2. The van der Waals surface area contributed by atoms with Crippen LogP contribution in [0.25, 0.3) is 0 Å². The zero-order chi connectivity index (χ0) is 14.3. The molecule has 0 heterocycles. The van der Waals surface area contributed by atoms with Crippen molar-refractivity contribution in [3.63, 3.8) is 0 Å². The van der Waals surface area contributed by atoms with Gasteiger partial charge in [-0.25, -0.2) is 4.39 Å².